The molecule has 3 aromatic rings. The Labute approximate surface area is 116 Å². The Balaban J connectivity index is 1.84. The molecule has 3 rings (SSSR count). The van der Waals surface area contributed by atoms with Crippen LogP contribution in [-0.4, -0.2) is 25.3 Å². The Bertz CT molecular complexity index is 736. The van der Waals surface area contributed by atoms with E-state index in [1.165, 1.54) is 0 Å². The highest BCUT2D eigenvalue weighted by molar-refractivity contribution is 5.96. The molecule has 20 heavy (non-hydrogen) atoms. The summed E-state index contributed by atoms with van der Waals surface area (Å²) in [5, 5.41) is 0. The molecule has 0 saturated carbocycles. The predicted octanol–water partition coefficient (Wildman–Crippen LogP) is 2.35. The minimum atomic E-state index is -0.167. The van der Waals surface area contributed by atoms with Gasteiger partial charge in [-0.1, -0.05) is 19.1 Å². The third-order valence-electron chi connectivity index (χ3n) is 3.19. The Kier molecular flexibility index (Phi) is 3.25. The van der Waals surface area contributed by atoms with Crippen LogP contribution in [-0.2, 0) is 6.54 Å². The van der Waals surface area contributed by atoms with Crippen LogP contribution in [0, 0.1) is 5.92 Å². The van der Waals surface area contributed by atoms with Crippen LogP contribution in [0.2, 0.25) is 0 Å². The lowest BCUT2D eigenvalue weighted by Gasteiger charge is -2.10. The second kappa shape index (κ2) is 5.21. The van der Waals surface area contributed by atoms with Gasteiger partial charge in [-0.15, -0.1) is 0 Å². The first kappa shape index (κ1) is 12.5. The standard InChI is InChI=1S/C15H14N4O/c1-11(9-19-7-6-16-10-19)15(20)14-8-17-12-4-2-3-5-13(12)18-14/h2-8,10-11H,9H2,1H3. The molecule has 0 aliphatic heterocycles. The number of rotatable bonds is 4. The molecule has 1 aromatic carbocycles. The molecule has 0 fully saturated rings. The number of para-hydroxylation sites is 2. The number of carbonyl (C=O) groups excluding carboxylic acids is 1. The first-order valence-electron chi connectivity index (χ1n) is 6.46. The van der Waals surface area contributed by atoms with Crippen LogP contribution in [0.25, 0.3) is 11.0 Å². The van der Waals surface area contributed by atoms with Gasteiger partial charge >= 0.3 is 0 Å². The topological polar surface area (TPSA) is 60.7 Å². The lowest BCUT2D eigenvalue weighted by atomic mass is 10.0. The van der Waals surface area contributed by atoms with Crippen molar-refractivity contribution in [1.82, 2.24) is 19.5 Å². The molecule has 0 aliphatic carbocycles. The third-order valence-corrected chi connectivity index (χ3v) is 3.19. The summed E-state index contributed by atoms with van der Waals surface area (Å²) < 4.78 is 1.89. The molecule has 0 N–H and O–H groups in total. The summed E-state index contributed by atoms with van der Waals surface area (Å²) in [6.45, 7) is 2.48. The van der Waals surface area contributed by atoms with Crippen molar-refractivity contribution >= 4 is 16.8 Å². The third kappa shape index (κ3) is 2.42. The van der Waals surface area contributed by atoms with Gasteiger partial charge in [-0.25, -0.2) is 9.97 Å². The minimum Gasteiger partial charge on any atom is -0.337 e. The monoisotopic (exact) mass is 266 g/mol. The van der Waals surface area contributed by atoms with Crippen LogP contribution in [0.5, 0.6) is 0 Å². The highest BCUT2D eigenvalue weighted by atomic mass is 16.1. The van der Waals surface area contributed by atoms with Gasteiger partial charge in [-0.2, -0.15) is 0 Å². The fourth-order valence-electron chi connectivity index (χ4n) is 2.12. The minimum absolute atomic E-state index is 0.00282. The zero-order valence-electron chi connectivity index (χ0n) is 11.1. The lowest BCUT2D eigenvalue weighted by Crippen LogP contribution is -2.18. The van der Waals surface area contributed by atoms with Crippen molar-refractivity contribution in [3.8, 4) is 0 Å². The van der Waals surface area contributed by atoms with Gasteiger partial charge in [0.2, 0.25) is 0 Å². The number of hydrogen-bond donors (Lipinski definition) is 0. The van der Waals surface area contributed by atoms with Crippen LogP contribution < -0.4 is 0 Å². The van der Waals surface area contributed by atoms with Crippen LogP contribution in [0.4, 0.5) is 0 Å². The molecular weight excluding hydrogens is 252 g/mol. The number of carbonyl (C=O) groups is 1. The smallest absolute Gasteiger partial charge is 0.187 e. The maximum Gasteiger partial charge on any atom is 0.187 e. The van der Waals surface area contributed by atoms with E-state index >= 15 is 0 Å². The summed E-state index contributed by atoms with van der Waals surface area (Å²) in [5.41, 5.74) is 1.95. The first-order chi connectivity index (χ1) is 9.74. The van der Waals surface area contributed by atoms with Crippen molar-refractivity contribution in [2.24, 2.45) is 5.92 Å². The molecule has 1 atom stereocenters. The van der Waals surface area contributed by atoms with Crippen molar-refractivity contribution in [2.45, 2.75) is 13.5 Å². The molecule has 0 aliphatic rings. The quantitative estimate of drug-likeness (QED) is 0.680. The van der Waals surface area contributed by atoms with E-state index in [9.17, 15) is 4.79 Å². The van der Waals surface area contributed by atoms with Gasteiger partial charge in [0, 0.05) is 24.9 Å². The van der Waals surface area contributed by atoms with Gasteiger partial charge in [-0.05, 0) is 12.1 Å². The zero-order chi connectivity index (χ0) is 13.9. The largest absolute Gasteiger partial charge is 0.337 e. The summed E-state index contributed by atoms with van der Waals surface area (Å²) >= 11 is 0. The lowest BCUT2D eigenvalue weighted by molar-refractivity contribution is 0.0913. The van der Waals surface area contributed by atoms with Crippen molar-refractivity contribution in [3.63, 3.8) is 0 Å². The fraction of sp³-hybridized carbons (Fsp3) is 0.200. The summed E-state index contributed by atoms with van der Waals surface area (Å²) in [4.78, 5) is 25.0. The summed E-state index contributed by atoms with van der Waals surface area (Å²) in [5.74, 6) is -0.170. The van der Waals surface area contributed by atoms with Crippen molar-refractivity contribution in [3.05, 3.63) is 54.9 Å². The van der Waals surface area contributed by atoms with Crippen molar-refractivity contribution in [1.29, 1.82) is 0 Å². The van der Waals surface area contributed by atoms with Gasteiger partial charge in [0.05, 0.1) is 23.6 Å². The number of nitrogens with zero attached hydrogens (tertiary/aromatic N) is 4. The molecule has 0 radical (unpaired) electrons. The molecule has 0 saturated heterocycles. The second-order valence-corrected chi connectivity index (χ2v) is 4.77. The highest BCUT2D eigenvalue weighted by Crippen LogP contribution is 2.13. The maximum atomic E-state index is 12.4. The van der Waals surface area contributed by atoms with Gasteiger partial charge in [0.25, 0.3) is 0 Å². The van der Waals surface area contributed by atoms with Crippen molar-refractivity contribution < 1.29 is 4.79 Å². The Morgan fingerprint density at radius 3 is 2.85 bits per heavy atom. The number of imidazole rings is 1. The highest BCUT2D eigenvalue weighted by Gasteiger charge is 2.17. The van der Waals surface area contributed by atoms with E-state index in [2.05, 4.69) is 15.0 Å². The SMILES string of the molecule is CC(Cn1ccnc1)C(=O)c1cnc2ccccc2n1. The molecule has 0 bridgehead atoms. The zero-order valence-corrected chi connectivity index (χ0v) is 11.1. The summed E-state index contributed by atoms with van der Waals surface area (Å²) in [6.07, 6.45) is 6.80. The van der Waals surface area contributed by atoms with E-state index in [0.29, 0.717) is 12.2 Å². The maximum absolute atomic E-state index is 12.4. The summed E-state index contributed by atoms with van der Waals surface area (Å²) in [7, 11) is 0. The van der Waals surface area contributed by atoms with E-state index in [0.717, 1.165) is 11.0 Å². The van der Waals surface area contributed by atoms with E-state index in [1.807, 2.05) is 42.0 Å². The number of hydrogen-bond acceptors (Lipinski definition) is 4. The normalized spacial score (nSPS) is 12.4. The van der Waals surface area contributed by atoms with Gasteiger partial charge in [0.1, 0.15) is 5.69 Å². The first-order valence-corrected chi connectivity index (χ1v) is 6.46. The number of Topliss-reactive ketones (excluding diaryl/α,β-unsaturated/α-hetero) is 1. The molecule has 100 valence electrons. The molecule has 0 spiro atoms. The number of benzene rings is 1. The van der Waals surface area contributed by atoms with Gasteiger partial charge in [-0.3, -0.25) is 9.78 Å². The van der Waals surface area contributed by atoms with Crippen LogP contribution >= 0.6 is 0 Å². The number of ketones is 1. The molecular formula is C15H14N4O. The van der Waals surface area contributed by atoms with Crippen LogP contribution in [0.1, 0.15) is 17.4 Å². The number of aromatic nitrogens is 4. The average Bonchev–Trinajstić information content (AvgIpc) is 2.99. The van der Waals surface area contributed by atoms with Crippen LogP contribution in [0.3, 0.4) is 0 Å². The van der Waals surface area contributed by atoms with E-state index < -0.39 is 0 Å². The van der Waals surface area contributed by atoms with E-state index in [1.54, 1.807) is 18.7 Å². The Morgan fingerprint density at radius 1 is 1.30 bits per heavy atom. The average molecular weight is 266 g/mol. The van der Waals surface area contributed by atoms with Crippen LogP contribution in [0.15, 0.2) is 49.2 Å². The molecule has 5 heteroatoms. The fourth-order valence-corrected chi connectivity index (χ4v) is 2.12. The molecule has 1 unspecified atom stereocenters. The molecule has 2 aromatic heterocycles. The van der Waals surface area contributed by atoms with Gasteiger partial charge in [0.15, 0.2) is 5.78 Å². The van der Waals surface area contributed by atoms with Gasteiger partial charge < -0.3 is 4.57 Å². The Hall–Kier alpha value is -2.56. The molecule has 5 nitrogen and oxygen atoms in total. The van der Waals surface area contributed by atoms with E-state index in [-0.39, 0.29) is 11.7 Å². The van der Waals surface area contributed by atoms with Crippen molar-refractivity contribution in [2.75, 3.05) is 0 Å². The molecule has 2 heterocycles. The predicted molar refractivity (Wildman–Crippen MR) is 75.3 cm³/mol. The summed E-state index contributed by atoms with van der Waals surface area (Å²) in [6, 6.07) is 7.53. The van der Waals surface area contributed by atoms with E-state index in [4.69, 9.17) is 0 Å². The number of fused-ring (bicyclic) bond motifs is 1. The second-order valence-electron chi connectivity index (χ2n) is 4.77. The Morgan fingerprint density at radius 2 is 2.10 bits per heavy atom. The molecule has 0 amide bonds.